The van der Waals surface area contributed by atoms with E-state index in [0.29, 0.717) is 11.5 Å². The van der Waals surface area contributed by atoms with E-state index in [1.807, 2.05) is 0 Å². The summed E-state index contributed by atoms with van der Waals surface area (Å²) in [4.78, 5) is 24.8. The van der Waals surface area contributed by atoms with Crippen LogP contribution in [0.1, 0.15) is 12.8 Å². The number of methoxy groups -OCH3 is 1. The molecule has 2 fully saturated rings. The zero-order valence-corrected chi connectivity index (χ0v) is 15.3. The first-order valence-electron chi connectivity index (χ1n) is 9.16. The number of nitrogen functional groups attached to an aromatic ring is 1. The van der Waals surface area contributed by atoms with Crippen LogP contribution in [0.5, 0.6) is 0 Å². The van der Waals surface area contributed by atoms with Crippen molar-refractivity contribution in [3.63, 3.8) is 0 Å². The van der Waals surface area contributed by atoms with Crippen molar-refractivity contribution in [1.82, 2.24) is 14.9 Å². The molecule has 0 aliphatic carbocycles. The van der Waals surface area contributed by atoms with E-state index in [-0.39, 0.29) is 11.9 Å². The zero-order chi connectivity index (χ0) is 18.4. The second-order valence-corrected chi connectivity index (χ2v) is 6.62. The molecule has 0 aromatic carbocycles. The maximum absolute atomic E-state index is 11.7. The lowest BCUT2D eigenvalue weighted by Gasteiger charge is -2.32. The van der Waals surface area contributed by atoms with Gasteiger partial charge in [-0.05, 0) is 12.8 Å². The molecule has 0 spiro atoms. The van der Waals surface area contributed by atoms with E-state index >= 15 is 0 Å². The number of nitrogens with one attached hydrogen (secondary N) is 1. The molecule has 0 atom stereocenters. The Morgan fingerprint density at radius 2 is 2.04 bits per heavy atom. The first-order valence-corrected chi connectivity index (χ1v) is 9.16. The summed E-state index contributed by atoms with van der Waals surface area (Å²) in [7, 11) is 1.44. The van der Waals surface area contributed by atoms with Crippen LogP contribution in [0.25, 0.3) is 0 Å². The van der Waals surface area contributed by atoms with E-state index in [4.69, 9.17) is 15.2 Å². The summed E-state index contributed by atoms with van der Waals surface area (Å²) in [5.74, 6) is 1.23. The van der Waals surface area contributed by atoms with Gasteiger partial charge in [0.2, 0.25) is 0 Å². The first-order chi connectivity index (χ1) is 12.7. The number of carbonyl (C=O) groups excluding carboxylic acids is 1. The third kappa shape index (κ3) is 4.53. The highest BCUT2D eigenvalue weighted by atomic mass is 16.5. The Hall–Kier alpha value is -2.13. The number of esters is 1. The molecule has 0 bridgehead atoms. The summed E-state index contributed by atoms with van der Waals surface area (Å²) < 4.78 is 10.2. The number of hydrogen-bond acceptors (Lipinski definition) is 9. The Kier molecular flexibility index (Phi) is 6.45. The molecule has 0 unspecified atom stereocenters. The minimum absolute atomic E-state index is 0.0366. The number of ether oxygens (including phenoxy) is 2. The Balaban J connectivity index is 1.54. The van der Waals surface area contributed by atoms with Crippen LogP contribution >= 0.6 is 0 Å². The summed E-state index contributed by atoms with van der Waals surface area (Å²) in [6, 6.07) is 0. The predicted octanol–water partition coefficient (Wildman–Crippen LogP) is 0.192. The molecule has 1 aromatic rings. The minimum Gasteiger partial charge on any atom is -0.469 e. The number of aromatic nitrogens is 2. The quantitative estimate of drug-likeness (QED) is 0.684. The maximum Gasteiger partial charge on any atom is 0.308 e. The molecule has 9 heteroatoms. The third-order valence-electron chi connectivity index (χ3n) is 5.02. The molecule has 1 aromatic heterocycles. The molecule has 0 radical (unpaired) electrons. The van der Waals surface area contributed by atoms with E-state index in [2.05, 4.69) is 25.1 Å². The van der Waals surface area contributed by atoms with Crippen molar-refractivity contribution < 1.29 is 14.3 Å². The van der Waals surface area contributed by atoms with Gasteiger partial charge in [0.05, 0.1) is 26.2 Å². The smallest absolute Gasteiger partial charge is 0.308 e. The molecule has 144 valence electrons. The lowest BCUT2D eigenvalue weighted by molar-refractivity contribution is -0.146. The monoisotopic (exact) mass is 364 g/mol. The Morgan fingerprint density at radius 1 is 1.31 bits per heavy atom. The van der Waals surface area contributed by atoms with Crippen LogP contribution in [0.15, 0.2) is 6.33 Å². The van der Waals surface area contributed by atoms with E-state index < -0.39 is 0 Å². The standard InChI is InChI=1S/C17H28N6O3/c1-25-17(24)13-2-5-23(6-3-13)16-14(18)15(20-12-21-16)19-4-7-22-8-10-26-11-9-22/h12-13H,2-11,18H2,1H3,(H,19,20,21). The van der Waals surface area contributed by atoms with E-state index in [1.54, 1.807) is 0 Å². The fourth-order valence-electron chi connectivity index (χ4n) is 3.43. The van der Waals surface area contributed by atoms with Crippen LogP contribution in [-0.2, 0) is 14.3 Å². The molecular weight excluding hydrogens is 336 g/mol. The Morgan fingerprint density at radius 3 is 2.73 bits per heavy atom. The molecule has 26 heavy (non-hydrogen) atoms. The molecule has 2 aliphatic rings. The van der Waals surface area contributed by atoms with Crippen molar-refractivity contribution in [3.8, 4) is 0 Å². The van der Waals surface area contributed by atoms with E-state index in [1.165, 1.54) is 13.4 Å². The number of hydrogen-bond donors (Lipinski definition) is 2. The summed E-state index contributed by atoms with van der Waals surface area (Å²) in [6.07, 6.45) is 3.03. The topological polar surface area (TPSA) is 106 Å². The normalized spacial score (nSPS) is 19.3. The average Bonchev–Trinajstić information content (AvgIpc) is 2.70. The fraction of sp³-hybridized carbons (Fsp3) is 0.706. The summed E-state index contributed by atoms with van der Waals surface area (Å²) in [6.45, 7) is 6.66. The van der Waals surface area contributed by atoms with Crippen LogP contribution in [0.2, 0.25) is 0 Å². The fourth-order valence-corrected chi connectivity index (χ4v) is 3.43. The zero-order valence-electron chi connectivity index (χ0n) is 15.3. The van der Waals surface area contributed by atoms with Crippen molar-refractivity contribution in [3.05, 3.63) is 6.33 Å². The van der Waals surface area contributed by atoms with Crippen molar-refractivity contribution >= 4 is 23.3 Å². The molecular formula is C17H28N6O3. The number of nitrogens with two attached hydrogens (primary N) is 1. The van der Waals surface area contributed by atoms with Crippen molar-refractivity contribution in [2.45, 2.75) is 12.8 Å². The lowest BCUT2D eigenvalue weighted by atomic mass is 9.97. The highest BCUT2D eigenvalue weighted by Gasteiger charge is 2.27. The average molecular weight is 364 g/mol. The lowest BCUT2D eigenvalue weighted by Crippen LogP contribution is -2.39. The van der Waals surface area contributed by atoms with Gasteiger partial charge in [0.15, 0.2) is 11.6 Å². The largest absolute Gasteiger partial charge is 0.469 e. The van der Waals surface area contributed by atoms with Gasteiger partial charge in [-0.1, -0.05) is 0 Å². The second-order valence-electron chi connectivity index (χ2n) is 6.62. The van der Waals surface area contributed by atoms with Crippen molar-refractivity contribution in [2.24, 2.45) is 5.92 Å². The van der Waals surface area contributed by atoms with Gasteiger partial charge in [-0.2, -0.15) is 0 Å². The molecule has 3 heterocycles. The molecule has 2 aliphatic heterocycles. The summed E-state index contributed by atoms with van der Waals surface area (Å²) in [5.41, 5.74) is 6.86. The van der Waals surface area contributed by atoms with Crippen LogP contribution in [-0.4, -0.2) is 80.4 Å². The molecule has 0 amide bonds. The molecule has 0 saturated carbocycles. The van der Waals surface area contributed by atoms with Crippen molar-refractivity contribution in [2.75, 3.05) is 75.5 Å². The van der Waals surface area contributed by atoms with Crippen LogP contribution < -0.4 is 16.0 Å². The van der Waals surface area contributed by atoms with Gasteiger partial charge in [0.25, 0.3) is 0 Å². The van der Waals surface area contributed by atoms with Gasteiger partial charge < -0.3 is 25.4 Å². The van der Waals surface area contributed by atoms with E-state index in [9.17, 15) is 4.79 Å². The first kappa shape index (κ1) is 18.7. The van der Waals surface area contributed by atoms with Gasteiger partial charge in [0, 0.05) is 39.3 Å². The number of anilines is 3. The van der Waals surface area contributed by atoms with Crippen LogP contribution in [0.4, 0.5) is 17.3 Å². The minimum atomic E-state index is -0.134. The highest BCUT2D eigenvalue weighted by molar-refractivity contribution is 5.76. The highest BCUT2D eigenvalue weighted by Crippen LogP contribution is 2.29. The summed E-state index contributed by atoms with van der Waals surface area (Å²) in [5, 5.41) is 3.32. The van der Waals surface area contributed by atoms with E-state index in [0.717, 1.165) is 71.1 Å². The maximum atomic E-state index is 11.7. The van der Waals surface area contributed by atoms with Crippen LogP contribution in [0, 0.1) is 5.92 Å². The Bertz CT molecular complexity index is 600. The van der Waals surface area contributed by atoms with Gasteiger partial charge in [-0.25, -0.2) is 9.97 Å². The molecule has 9 nitrogen and oxygen atoms in total. The second kappa shape index (κ2) is 9.00. The van der Waals surface area contributed by atoms with Gasteiger partial charge >= 0.3 is 5.97 Å². The predicted molar refractivity (Wildman–Crippen MR) is 99.1 cm³/mol. The van der Waals surface area contributed by atoms with Gasteiger partial charge in [-0.3, -0.25) is 9.69 Å². The Labute approximate surface area is 153 Å². The van der Waals surface area contributed by atoms with Gasteiger partial charge in [0.1, 0.15) is 12.0 Å². The molecule has 2 saturated heterocycles. The molecule has 3 rings (SSSR count). The number of rotatable bonds is 6. The number of nitrogens with zero attached hydrogens (tertiary/aromatic N) is 4. The van der Waals surface area contributed by atoms with Crippen LogP contribution in [0.3, 0.4) is 0 Å². The number of piperidine rings is 1. The number of carbonyl (C=O) groups is 1. The third-order valence-corrected chi connectivity index (χ3v) is 5.02. The summed E-state index contributed by atoms with van der Waals surface area (Å²) >= 11 is 0. The number of morpholine rings is 1. The molecule has 3 N–H and O–H groups in total. The van der Waals surface area contributed by atoms with Crippen molar-refractivity contribution in [1.29, 1.82) is 0 Å². The SMILES string of the molecule is COC(=O)C1CCN(c2ncnc(NCCN3CCOCC3)c2N)CC1. The van der Waals surface area contributed by atoms with Gasteiger partial charge in [-0.15, -0.1) is 0 Å².